The number of carbonyl (C=O) groups excluding carboxylic acids is 1. The van der Waals surface area contributed by atoms with E-state index in [9.17, 15) is 4.79 Å². The number of fused-ring (bicyclic) bond motifs is 1. The third kappa shape index (κ3) is 3.16. The Kier molecular flexibility index (Phi) is 4.25. The van der Waals surface area contributed by atoms with Gasteiger partial charge in [-0.1, -0.05) is 24.3 Å². The van der Waals surface area contributed by atoms with Crippen LogP contribution >= 0.6 is 0 Å². The van der Waals surface area contributed by atoms with E-state index in [2.05, 4.69) is 12.1 Å². The SMILES string of the molecule is COC(=O)CC1=C(OC(C)C)c2ccccc2CC1. The lowest BCUT2D eigenvalue weighted by molar-refractivity contribution is -0.139. The van der Waals surface area contributed by atoms with Crippen LogP contribution in [-0.2, 0) is 20.7 Å². The zero-order valence-electron chi connectivity index (χ0n) is 11.7. The Labute approximate surface area is 114 Å². The lowest BCUT2D eigenvalue weighted by atomic mass is 9.89. The Morgan fingerprint density at radius 2 is 2.00 bits per heavy atom. The molecule has 19 heavy (non-hydrogen) atoms. The van der Waals surface area contributed by atoms with E-state index in [4.69, 9.17) is 9.47 Å². The molecule has 0 atom stereocenters. The quantitative estimate of drug-likeness (QED) is 0.779. The predicted molar refractivity (Wildman–Crippen MR) is 74.5 cm³/mol. The van der Waals surface area contributed by atoms with Crippen LogP contribution in [0.3, 0.4) is 0 Å². The van der Waals surface area contributed by atoms with Crippen LogP contribution in [0.5, 0.6) is 0 Å². The van der Waals surface area contributed by atoms with E-state index in [0.29, 0.717) is 6.42 Å². The molecule has 0 N–H and O–H groups in total. The third-order valence-electron chi connectivity index (χ3n) is 3.22. The van der Waals surface area contributed by atoms with Crippen molar-refractivity contribution in [3.8, 4) is 0 Å². The van der Waals surface area contributed by atoms with Gasteiger partial charge in [0.15, 0.2) is 0 Å². The van der Waals surface area contributed by atoms with Crippen molar-refractivity contribution in [3.63, 3.8) is 0 Å². The van der Waals surface area contributed by atoms with E-state index in [1.165, 1.54) is 12.7 Å². The van der Waals surface area contributed by atoms with Gasteiger partial charge in [-0.2, -0.15) is 0 Å². The fraction of sp³-hybridized carbons (Fsp3) is 0.438. The van der Waals surface area contributed by atoms with Gasteiger partial charge in [0.05, 0.1) is 19.6 Å². The molecule has 0 radical (unpaired) electrons. The number of hydrogen-bond acceptors (Lipinski definition) is 3. The number of benzene rings is 1. The summed E-state index contributed by atoms with van der Waals surface area (Å²) < 4.78 is 10.7. The molecule has 0 aromatic heterocycles. The number of hydrogen-bond donors (Lipinski definition) is 0. The van der Waals surface area contributed by atoms with Crippen molar-refractivity contribution in [2.75, 3.05) is 7.11 Å². The highest BCUT2D eigenvalue weighted by atomic mass is 16.5. The van der Waals surface area contributed by atoms with E-state index in [1.54, 1.807) is 0 Å². The summed E-state index contributed by atoms with van der Waals surface area (Å²) in [5, 5.41) is 0. The van der Waals surface area contributed by atoms with Gasteiger partial charge < -0.3 is 9.47 Å². The highest BCUT2D eigenvalue weighted by Crippen LogP contribution is 2.34. The van der Waals surface area contributed by atoms with Crippen molar-refractivity contribution < 1.29 is 14.3 Å². The molecule has 1 aliphatic carbocycles. The zero-order chi connectivity index (χ0) is 13.8. The minimum Gasteiger partial charge on any atom is -0.490 e. The molecule has 102 valence electrons. The molecule has 0 spiro atoms. The van der Waals surface area contributed by atoms with E-state index in [-0.39, 0.29) is 12.1 Å². The molecule has 0 saturated heterocycles. The number of carbonyl (C=O) groups is 1. The number of ether oxygens (including phenoxy) is 2. The Bertz CT molecular complexity index is 500. The van der Waals surface area contributed by atoms with Crippen LogP contribution in [0.2, 0.25) is 0 Å². The maximum absolute atomic E-state index is 11.5. The van der Waals surface area contributed by atoms with E-state index >= 15 is 0 Å². The average Bonchev–Trinajstić information content (AvgIpc) is 2.40. The molecule has 0 unspecified atom stereocenters. The summed E-state index contributed by atoms with van der Waals surface area (Å²) in [4.78, 5) is 11.5. The Balaban J connectivity index is 2.39. The highest BCUT2D eigenvalue weighted by molar-refractivity contribution is 5.78. The maximum Gasteiger partial charge on any atom is 0.309 e. The van der Waals surface area contributed by atoms with Crippen LogP contribution in [0, 0.1) is 0 Å². The molecular weight excluding hydrogens is 240 g/mol. The zero-order valence-corrected chi connectivity index (χ0v) is 11.7. The fourth-order valence-electron chi connectivity index (χ4n) is 2.35. The lowest BCUT2D eigenvalue weighted by Gasteiger charge is -2.25. The first-order valence-electron chi connectivity index (χ1n) is 6.65. The first kappa shape index (κ1) is 13.7. The van der Waals surface area contributed by atoms with Crippen LogP contribution in [0.15, 0.2) is 29.8 Å². The molecule has 3 nitrogen and oxygen atoms in total. The largest absolute Gasteiger partial charge is 0.490 e. The van der Waals surface area contributed by atoms with Crippen molar-refractivity contribution in [3.05, 3.63) is 41.0 Å². The number of esters is 1. The van der Waals surface area contributed by atoms with Gasteiger partial charge in [0.1, 0.15) is 5.76 Å². The van der Waals surface area contributed by atoms with Crippen LogP contribution in [0.1, 0.15) is 37.8 Å². The number of rotatable bonds is 4. The highest BCUT2D eigenvalue weighted by Gasteiger charge is 2.22. The van der Waals surface area contributed by atoms with E-state index in [1.807, 2.05) is 26.0 Å². The second kappa shape index (κ2) is 5.91. The normalized spacial score (nSPS) is 14.3. The van der Waals surface area contributed by atoms with Crippen molar-refractivity contribution in [1.82, 2.24) is 0 Å². The summed E-state index contributed by atoms with van der Waals surface area (Å²) in [5.41, 5.74) is 3.44. The van der Waals surface area contributed by atoms with Crippen molar-refractivity contribution in [2.45, 2.75) is 39.2 Å². The molecule has 2 rings (SSSR count). The monoisotopic (exact) mass is 260 g/mol. The van der Waals surface area contributed by atoms with Gasteiger partial charge in [0, 0.05) is 5.56 Å². The number of methoxy groups -OCH3 is 1. The van der Waals surface area contributed by atoms with Gasteiger partial charge in [-0.15, -0.1) is 0 Å². The van der Waals surface area contributed by atoms with Crippen LogP contribution in [-0.4, -0.2) is 19.2 Å². The Hall–Kier alpha value is -1.77. The summed E-state index contributed by atoms with van der Waals surface area (Å²) in [6.45, 7) is 4.00. The van der Waals surface area contributed by atoms with Gasteiger partial charge in [0.25, 0.3) is 0 Å². The summed E-state index contributed by atoms with van der Waals surface area (Å²) in [6, 6.07) is 8.22. The van der Waals surface area contributed by atoms with E-state index in [0.717, 1.165) is 29.7 Å². The van der Waals surface area contributed by atoms with Crippen LogP contribution < -0.4 is 0 Å². The van der Waals surface area contributed by atoms with Gasteiger partial charge >= 0.3 is 5.97 Å². The first-order chi connectivity index (χ1) is 9.11. The summed E-state index contributed by atoms with van der Waals surface area (Å²) in [7, 11) is 1.42. The van der Waals surface area contributed by atoms with Crippen molar-refractivity contribution >= 4 is 11.7 Å². The standard InChI is InChI=1S/C16H20O3/c1-11(2)19-16-13(10-15(17)18-3)9-8-12-6-4-5-7-14(12)16/h4-7,11H,8-10H2,1-3H3. The molecule has 0 amide bonds. The Morgan fingerprint density at radius 1 is 1.26 bits per heavy atom. The van der Waals surface area contributed by atoms with Crippen molar-refractivity contribution in [1.29, 1.82) is 0 Å². The van der Waals surface area contributed by atoms with Gasteiger partial charge in [-0.05, 0) is 37.8 Å². The van der Waals surface area contributed by atoms with Crippen LogP contribution in [0.4, 0.5) is 0 Å². The Morgan fingerprint density at radius 3 is 2.68 bits per heavy atom. The predicted octanol–water partition coefficient (Wildman–Crippen LogP) is 3.33. The van der Waals surface area contributed by atoms with E-state index < -0.39 is 0 Å². The molecule has 1 aliphatic rings. The third-order valence-corrected chi connectivity index (χ3v) is 3.22. The summed E-state index contributed by atoms with van der Waals surface area (Å²) in [6.07, 6.45) is 2.21. The number of aryl methyl sites for hydroxylation is 1. The fourth-order valence-corrected chi connectivity index (χ4v) is 2.35. The van der Waals surface area contributed by atoms with Gasteiger partial charge in [0.2, 0.25) is 0 Å². The second-order valence-electron chi connectivity index (χ2n) is 5.01. The van der Waals surface area contributed by atoms with Gasteiger partial charge in [-0.3, -0.25) is 4.79 Å². The maximum atomic E-state index is 11.5. The molecular formula is C16H20O3. The summed E-state index contributed by atoms with van der Waals surface area (Å²) >= 11 is 0. The minimum absolute atomic E-state index is 0.0915. The minimum atomic E-state index is -0.209. The summed E-state index contributed by atoms with van der Waals surface area (Å²) in [5.74, 6) is 0.654. The topological polar surface area (TPSA) is 35.5 Å². The molecule has 0 aliphatic heterocycles. The molecule has 1 aromatic carbocycles. The molecule has 0 fully saturated rings. The first-order valence-corrected chi connectivity index (χ1v) is 6.65. The average molecular weight is 260 g/mol. The molecule has 1 aromatic rings. The second-order valence-corrected chi connectivity index (χ2v) is 5.01. The van der Waals surface area contributed by atoms with Crippen molar-refractivity contribution in [2.24, 2.45) is 0 Å². The smallest absolute Gasteiger partial charge is 0.309 e. The molecule has 0 saturated carbocycles. The van der Waals surface area contributed by atoms with Gasteiger partial charge in [-0.25, -0.2) is 0 Å². The molecule has 3 heteroatoms. The molecule has 0 heterocycles. The van der Waals surface area contributed by atoms with Crippen LogP contribution in [0.25, 0.3) is 5.76 Å². The lowest BCUT2D eigenvalue weighted by Crippen LogP contribution is -2.14. The molecule has 0 bridgehead atoms.